The van der Waals surface area contributed by atoms with Crippen molar-refractivity contribution < 1.29 is 9.53 Å². The molecule has 0 aliphatic carbocycles. The molecule has 1 unspecified atom stereocenters. The monoisotopic (exact) mass is 260 g/mol. The summed E-state index contributed by atoms with van der Waals surface area (Å²) < 4.78 is 5.41. The quantitative estimate of drug-likeness (QED) is 0.789. The highest BCUT2D eigenvalue weighted by molar-refractivity contribution is 5.77. The van der Waals surface area contributed by atoms with Gasteiger partial charge in [0.25, 0.3) is 5.91 Å². The number of hydrogen-bond donors (Lipinski definition) is 0. The maximum absolute atomic E-state index is 11.9. The van der Waals surface area contributed by atoms with E-state index >= 15 is 0 Å². The zero-order valence-corrected chi connectivity index (χ0v) is 11.7. The van der Waals surface area contributed by atoms with Crippen LogP contribution in [0.15, 0.2) is 24.3 Å². The topological polar surface area (TPSA) is 53.3 Å². The van der Waals surface area contributed by atoms with Gasteiger partial charge in [-0.1, -0.05) is 32.4 Å². The van der Waals surface area contributed by atoms with Crippen LogP contribution in [0.5, 0.6) is 5.75 Å². The van der Waals surface area contributed by atoms with Gasteiger partial charge in [0.1, 0.15) is 11.8 Å². The Morgan fingerprint density at radius 1 is 1.47 bits per heavy atom. The minimum atomic E-state index is -0.0759. The molecule has 0 aliphatic rings. The second-order valence-electron chi connectivity index (χ2n) is 4.68. The van der Waals surface area contributed by atoms with Gasteiger partial charge in [-0.05, 0) is 18.1 Å². The summed E-state index contributed by atoms with van der Waals surface area (Å²) in [6, 6.07) is 8.95. The summed E-state index contributed by atoms with van der Waals surface area (Å²) in [7, 11) is 1.77. The van der Waals surface area contributed by atoms with Crippen molar-refractivity contribution in [3.8, 4) is 11.8 Å². The van der Waals surface area contributed by atoms with Crippen LogP contribution < -0.4 is 4.74 Å². The van der Waals surface area contributed by atoms with E-state index in [2.05, 4.69) is 13.8 Å². The van der Waals surface area contributed by atoms with Gasteiger partial charge in [-0.3, -0.25) is 4.79 Å². The SMILES string of the molecule is CCC(C)CN(C)C(=O)COc1ccccc1C#N. The Hall–Kier alpha value is -2.02. The van der Waals surface area contributed by atoms with Crippen molar-refractivity contribution in [2.45, 2.75) is 20.3 Å². The highest BCUT2D eigenvalue weighted by atomic mass is 16.5. The molecule has 1 aromatic rings. The van der Waals surface area contributed by atoms with E-state index in [1.165, 1.54) is 0 Å². The lowest BCUT2D eigenvalue weighted by Crippen LogP contribution is -2.34. The number of nitrogens with zero attached hydrogens (tertiary/aromatic N) is 2. The number of benzene rings is 1. The van der Waals surface area contributed by atoms with Crippen molar-refractivity contribution in [1.82, 2.24) is 4.90 Å². The van der Waals surface area contributed by atoms with Gasteiger partial charge in [0.2, 0.25) is 0 Å². The summed E-state index contributed by atoms with van der Waals surface area (Å²) in [4.78, 5) is 13.6. The van der Waals surface area contributed by atoms with Crippen molar-refractivity contribution in [3.05, 3.63) is 29.8 Å². The number of rotatable bonds is 6. The molecule has 1 amide bonds. The van der Waals surface area contributed by atoms with Crippen LogP contribution >= 0.6 is 0 Å². The molecule has 0 radical (unpaired) electrons. The number of ether oxygens (including phenoxy) is 1. The van der Waals surface area contributed by atoms with Gasteiger partial charge in [0.05, 0.1) is 5.56 Å². The molecule has 0 spiro atoms. The molecule has 1 rings (SSSR count). The Morgan fingerprint density at radius 2 is 2.16 bits per heavy atom. The van der Waals surface area contributed by atoms with E-state index in [4.69, 9.17) is 10.00 Å². The maximum atomic E-state index is 11.9. The molecule has 1 aromatic carbocycles. The van der Waals surface area contributed by atoms with Gasteiger partial charge < -0.3 is 9.64 Å². The van der Waals surface area contributed by atoms with Gasteiger partial charge in [-0.15, -0.1) is 0 Å². The zero-order chi connectivity index (χ0) is 14.3. The van der Waals surface area contributed by atoms with Crippen molar-refractivity contribution in [1.29, 1.82) is 5.26 Å². The Labute approximate surface area is 114 Å². The lowest BCUT2D eigenvalue weighted by Gasteiger charge is -2.21. The lowest BCUT2D eigenvalue weighted by atomic mass is 10.1. The number of hydrogen-bond acceptors (Lipinski definition) is 3. The standard InChI is InChI=1S/C15H20N2O2/c1-4-12(2)10-17(3)15(18)11-19-14-8-6-5-7-13(14)9-16/h5-8,12H,4,10-11H2,1-3H3. The molecule has 1 atom stereocenters. The molecule has 0 bridgehead atoms. The minimum Gasteiger partial charge on any atom is -0.482 e. The number of para-hydroxylation sites is 1. The van der Waals surface area contributed by atoms with E-state index in [9.17, 15) is 4.79 Å². The maximum Gasteiger partial charge on any atom is 0.260 e. The van der Waals surface area contributed by atoms with Crippen LogP contribution in [0.3, 0.4) is 0 Å². The molecule has 0 saturated heterocycles. The smallest absolute Gasteiger partial charge is 0.260 e. The Bertz CT molecular complexity index is 465. The average Bonchev–Trinajstić information content (AvgIpc) is 2.44. The fourth-order valence-corrected chi connectivity index (χ4v) is 1.63. The van der Waals surface area contributed by atoms with E-state index in [0.29, 0.717) is 17.2 Å². The van der Waals surface area contributed by atoms with Gasteiger partial charge in [-0.2, -0.15) is 5.26 Å². The number of carbonyl (C=O) groups is 1. The van der Waals surface area contributed by atoms with Crippen LogP contribution in [0.2, 0.25) is 0 Å². The zero-order valence-electron chi connectivity index (χ0n) is 11.7. The van der Waals surface area contributed by atoms with Crippen LogP contribution in [0.1, 0.15) is 25.8 Å². The van der Waals surface area contributed by atoms with Crippen LogP contribution in [-0.2, 0) is 4.79 Å². The van der Waals surface area contributed by atoms with Gasteiger partial charge >= 0.3 is 0 Å². The molecule has 4 heteroatoms. The van der Waals surface area contributed by atoms with E-state index in [1.807, 2.05) is 6.07 Å². The fraction of sp³-hybridized carbons (Fsp3) is 0.467. The van der Waals surface area contributed by atoms with E-state index in [-0.39, 0.29) is 12.5 Å². The predicted molar refractivity (Wildman–Crippen MR) is 73.7 cm³/mol. The van der Waals surface area contributed by atoms with Crippen LogP contribution in [0.25, 0.3) is 0 Å². The normalized spacial score (nSPS) is 11.5. The second kappa shape index (κ2) is 7.42. The Morgan fingerprint density at radius 3 is 2.79 bits per heavy atom. The summed E-state index contributed by atoms with van der Waals surface area (Å²) in [6.45, 7) is 4.89. The van der Waals surface area contributed by atoms with Crippen molar-refractivity contribution in [2.24, 2.45) is 5.92 Å². The molecule has 0 N–H and O–H groups in total. The number of amides is 1. The third-order valence-electron chi connectivity index (χ3n) is 3.07. The number of nitriles is 1. The first-order valence-electron chi connectivity index (χ1n) is 6.44. The molecule has 0 heterocycles. The largest absolute Gasteiger partial charge is 0.482 e. The van der Waals surface area contributed by atoms with Crippen LogP contribution in [0, 0.1) is 17.2 Å². The van der Waals surface area contributed by atoms with Crippen molar-refractivity contribution >= 4 is 5.91 Å². The highest BCUT2D eigenvalue weighted by Gasteiger charge is 2.13. The van der Waals surface area contributed by atoms with Gasteiger partial charge in [-0.25, -0.2) is 0 Å². The summed E-state index contributed by atoms with van der Waals surface area (Å²) >= 11 is 0. The number of likely N-dealkylation sites (N-methyl/N-ethyl adjacent to an activating group) is 1. The molecular weight excluding hydrogens is 240 g/mol. The summed E-state index contributed by atoms with van der Waals surface area (Å²) in [6.07, 6.45) is 1.04. The first kappa shape index (κ1) is 15.0. The van der Waals surface area contributed by atoms with Gasteiger partial charge in [0, 0.05) is 13.6 Å². The third kappa shape index (κ3) is 4.63. The van der Waals surface area contributed by atoms with E-state index < -0.39 is 0 Å². The molecule has 19 heavy (non-hydrogen) atoms. The number of carbonyl (C=O) groups excluding carboxylic acids is 1. The van der Waals surface area contributed by atoms with E-state index in [1.54, 1.807) is 36.2 Å². The first-order valence-corrected chi connectivity index (χ1v) is 6.44. The first-order chi connectivity index (χ1) is 9.08. The lowest BCUT2D eigenvalue weighted by molar-refractivity contribution is -0.132. The molecule has 0 aromatic heterocycles. The summed E-state index contributed by atoms with van der Waals surface area (Å²) in [5.74, 6) is 0.851. The molecule has 0 aliphatic heterocycles. The third-order valence-corrected chi connectivity index (χ3v) is 3.07. The van der Waals surface area contributed by atoms with E-state index in [0.717, 1.165) is 13.0 Å². The second-order valence-corrected chi connectivity index (χ2v) is 4.68. The average molecular weight is 260 g/mol. The van der Waals surface area contributed by atoms with Gasteiger partial charge in [0.15, 0.2) is 6.61 Å². The molecule has 4 nitrogen and oxygen atoms in total. The Kier molecular flexibility index (Phi) is 5.87. The van der Waals surface area contributed by atoms with Crippen LogP contribution in [-0.4, -0.2) is 31.0 Å². The molecule has 102 valence electrons. The van der Waals surface area contributed by atoms with Crippen molar-refractivity contribution in [3.63, 3.8) is 0 Å². The fourth-order valence-electron chi connectivity index (χ4n) is 1.63. The summed E-state index contributed by atoms with van der Waals surface area (Å²) in [5, 5.41) is 8.92. The molecule has 0 saturated carbocycles. The minimum absolute atomic E-state index is 0.0361. The van der Waals surface area contributed by atoms with Crippen LogP contribution in [0.4, 0.5) is 0 Å². The highest BCUT2D eigenvalue weighted by Crippen LogP contribution is 2.16. The predicted octanol–water partition coefficient (Wildman–Crippen LogP) is 2.44. The molecular formula is C15H20N2O2. The molecule has 0 fully saturated rings. The van der Waals surface area contributed by atoms with Crippen molar-refractivity contribution in [2.75, 3.05) is 20.2 Å². The Balaban J connectivity index is 2.52. The summed E-state index contributed by atoms with van der Waals surface area (Å²) in [5.41, 5.74) is 0.444.